The Labute approximate surface area is 181 Å². The minimum atomic E-state index is -4.52. The Balaban J connectivity index is 1.58. The van der Waals surface area contributed by atoms with Crippen LogP contribution in [0.4, 0.5) is 18.9 Å². The van der Waals surface area contributed by atoms with Gasteiger partial charge in [0.1, 0.15) is 10.5 Å². The van der Waals surface area contributed by atoms with E-state index in [4.69, 9.17) is 0 Å². The normalized spacial score (nSPS) is 12.2. The molecule has 0 aliphatic heterocycles. The van der Waals surface area contributed by atoms with Gasteiger partial charge in [0.15, 0.2) is 0 Å². The second-order valence-electron chi connectivity index (χ2n) is 7.64. The Morgan fingerprint density at radius 3 is 2.68 bits per heavy atom. The largest absolute Gasteiger partial charge is 0.433 e. The Bertz CT molecular complexity index is 1270. The summed E-state index contributed by atoms with van der Waals surface area (Å²) >= 11 is 0.967. The standard InChI is InChI=1S/C22H21F3N4OS/c1-13-16-5-7-18(22(23,24)25)27-21(16)31-19(13)20(30)26-15-4-6-17-14(12-15)8-9-29(17)11-10-28(2)3/h4-9,12H,10-11H2,1-3H3,(H,26,30). The number of pyridine rings is 1. The predicted molar refractivity (Wildman–Crippen MR) is 118 cm³/mol. The van der Waals surface area contributed by atoms with E-state index in [1.165, 1.54) is 6.07 Å². The number of thiophene rings is 1. The molecule has 1 aromatic carbocycles. The van der Waals surface area contributed by atoms with Crippen LogP contribution in [-0.2, 0) is 12.7 Å². The third-order valence-corrected chi connectivity index (χ3v) is 6.32. The lowest BCUT2D eigenvalue weighted by Gasteiger charge is -2.11. The van der Waals surface area contributed by atoms with E-state index in [1.807, 2.05) is 44.6 Å². The highest BCUT2D eigenvalue weighted by atomic mass is 32.1. The number of carbonyl (C=O) groups is 1. The summed E-state index contributed by atoms with van der Waals surface area (Å²) in [4.78, 5) is 19.2. The first kappa shape index (κ1) is 21.3. The summed E-state index contributed by atoms with van der Waals surface area (Å²) in [5.74, 6) is -0.361. The zero-order valence-corrected chi connectivity index (χ0v) is 18.1. The van der Waals surface area contributed by atoms with Crippen molar-refractivity contribution < 1.29 is 18.0 Å². The van der Waals surface area contributed by atoms with Crippen LogP contribution < -0.4 is 5.32 Å². The lowest BCUT2D eigenvalue weighted by atomic mass is 10.1. The van der Waals surface area contributed by atoms with Gasteiger partial charge in [0, 0.05) is 41.3 Å². The molecule has 0 fully saturated rings. The molecule has 4 rings (SSSR count). The number of aromatic nitrogens is 2. The summed E-state index contributed by atoms with van der Waals surface area (Å²) in [5, 5.41) is 4.41. The number of hydrogen-bond donors (Lipinski definition) is 1. The summed E-state index contributed by atoms with van der Waals surface area (Å²) in [6.07, 6.45) is -2.51. The maximum atomic E-state index is 12.9. The van der Waals surface area contributed by atoms with Crippen molar-refractivity contribution in [2.24, 2.45) is 0 Å². The molecular weight excluding hydrogens is 425 g/mol. The van der Waals surface area contributed by atoms with Crippen LogP contribution in [0.2, 0.25) is 0 Å². The first-order chi connectivity index (χ1) is 14.6. The maximum Gasteiger partial charge on any atom is 0.433 e. The van der Waals surface area contributed by atoms with Gasteiger partial charge < -0.3 is 14.8 Å². The van der Waals surface area contributed by atoms with Gasteiger partial charge in [0.05, 0.1) is 4.88 Å². The highest BCUT2D eigenvalue weighted by molar-refractivity contribution is 7.20. The fourth-order valence-electron chi connectivity index (χ4n) is 3.44. The van der Waals surface area contributed by atoms with E-state index in [-0.39, 0.29) is 10.7 Å². The molecule has 5 nitrogen and oxygen atoms in total. The lowest BCUT2D eigenvalue weighted by Crippen LogP contribution is -2.17. The molecule has 0 unspecified atom stereocenters. The topological polar surface area (TPSA) is 50.2 Å². The second kappa shape index (κ2) is 7.97. The molecule has 0 radical (unpaired) electrons. The average molecular weight is 446 g/mol. The van der Waals surface area contributed by atoms with Crippen LogP contribution in [0.3, 0.4) is 0 Å². The van der Waals surface area contributed by atoms with Crippen molar-refractivity contribution >= 4 is 44.1 Å². The smallest absolute Gasteiger partial charge is 0.346 e. The quantitative estimate of drug-likeness (QED) is 0.447. The SMILES string of the molecule is Cc1c(C(=O)Nc2ccc3c(ccn3CCN(C)C)c2)sc2nc(C(F)(F)F)ccc12. The number of fused-ring (bicyclic) bond motifs is 2. The number of nitrogens with one attached hydrogen (secondary N) is 1. The zero-order chi connectivity index (χ0) is 22.3. The second-order valence-corrected chi connectivity index (χ2v) is 8.64. The average Bonchev–Trinajstić information content (AvgIpc) is 3.26. The Kier molecular flexibility index (Phi) is 5.49. The summed E-state index contributed by atoms with van der Waals surface area (Å²) in [6, 6.07) is 9.98. The molecule has 3 aromatic heterocycles. The van der Waals surface area contributed by atoms with Crippen molar-refractivity contribution in [1.82, 2.24) is 14.5 Å². The fourth-order valence-corrected chi connectivity index (χ4v) is 4.52. The first-order valence-electron chi connectivity index (χ1n) is 9.66. The maximum absolute atomic E-state index is 12.9. The number of carbonyl (C=O) groups excluding carboxylic acids is 1. The van der Waals surface area contributed by atoms with Crippen LogP contribution >= 0.6 is 11.3 Å². The third-order valence-electron chi connectivity index (χ3n) is 5.12. The van der Waals surface area contributed by atoms with E-state index in [0.717, 1.165) is 41.4 Å². The molecule has 31 heavy (non-hydrogen) atoms. The van der Waals surface area contributed by atoms with E-state index in [9.17, 15) is 18.0 Å². The molecule has 0 atom stereocenters. The Morgan fingerprint density at radius 1 is 1.19 bits per heavy atom. The molecule has 3 heterocycles. The van der Waals surface area contributed by atoms with Crippen LogP contribution in [0, 0.1) is 6.92 Å². The van der Waals surface area contributed by atoms with Gasteiger partial charge >= 0.3 is 6.18 Å². The molecule has 9 heteroatoms. The molecule has 1 amide bonds. The molecule has 0 saturated heterocycles. The van der Waals surface area contributed by atoms with Gasteiger partial charge in [-0.25, -0.2) is 4.98 Å². The van der Waals surface area contributed by atoms with Crippen molar-refractivity contribution in [3.63, 3.8) is 0 Å². The summed E-state index contributed by atoms with van der Waals surface area (Å²) in [6.45, 7) is 3.49. The number of anilines is 1. The van der Waals surface area contributed by atoms with Crippen molar-refractivity contribution in [1.29, 1.82) is 0 Å². The van der Waals surface area contributed by atoms with E-state index >= 15 is 0 Å². The minimum Gasteiger partial charge on any atom is -0.346 e. The Morgan fingerprint density at radius 2 is 1.97 bits per heavy atom. The molecule has 0 spiro atoms. The van der Waals surface area contributed by atoms with E-state index in [1.54, 1.807) is 6.92 Å². The molecular formula is C22H21F3N4OS. The number of hydrogen-bond acceptors (Lipinski definition) is 4. The van der Waals surface area contributed by atoms with E-state index in [0.29, 0.717) is 21.5 Å². The molecule has 1 N–H and O–H groups in total. The number of rotatable bonds is 5. The summed E-state index contributed by atoms with van der Waals surface area (Å²) in [5.41, 5.74) is 1.36. The van der Waals surface area contributed by atoms with Gasteiger partial charge in [-0.05, 0) is 63.0 Å². The van der Waals surface area contributed by atoms with Crippen molar-refractivity contribution in [3.05, 3.63) is 58.7 Å². The molecule has 0 aliphatic carbocycles. The van der Waals surface area contributed by atoms with Gasteiger partial charge in [-0.15, -0.1) is 11.3 Å². The number of amides is 1. The van der Waals surface area contributed by atoms with Gasteiger partial charge in [0.2, 0.25) is 0 Å². The van der Waals surface area contributed by atoms with Crippen LogP contribution in [0.25, 0.3) is 21.1 Å². The van der Waals surface area contributed by atoms with Crippen molar-refractivity contribution in [2.45, 2.75) is 19.6 Å². The van der Waals surface area contributed by atoms with Crippen molar-refractivity contribution in [3.8, 4) is 0 Å². The van der Waals surface area contributed by atoms with Gasteiger partial charge in [-0.3, -0.25) is 4.79 Å². The molecule has 4 aromatic rings. The molecule has 0 aliphatic rings. The van der Waals surface area contributed by atoms with E-state index < -0.39 is 11.9 Å². The lowest BCUT2D eigenvalue weighted by molar-refractivity contribution is -0.140. The highest BCUT2D eigenvalue weighted by Crippen LogP contribution is 2.34. The van der Waals surface area contributed by atoms with Gasteiger partial charge in [0.25, 0.3) is 5.91 Å². The Hall–Kier alpha value is -2.91. The number of halogens is 3. The number of nitrogens with zero attached hydrogens (tertiary/aromatic N) is 3. The van der Waals surface area contributed by atoms with Crippen LogP contribution in [0.15, 0.2) is 42.6 Å². The number of aryl methyl sites for hydroxylation is 1. The van der Waals surface area contributed by atoms with Gasteiger partial charge in [-0.2, -0.15) is 13.2 Å². The molecule has 162 valence electrons. The van der Waals surface area contributed by atoms with Crippen LogP contribution in [0.5, 0.6) is 0 Å². The molecule has 0 saturated carbocycles. The number of likely N-dealkylation sites (N-methyl/N-ethyl adjacent to an activating group) is 1. The highest BCUT2D eigenvalue weighted by Gasteiger charge is 2.33. The van der Waals surface area contributed by atoms with Crippen molar-refractivity contribution in [2.75, 3.05) is 26.0 Å². The third kappa shape index (κ3) is 4.28. The van der Waals surface area contributed by atoms with Gasteiger partial charge in [-0.1, -0.05) is 0 Å². The summed E-state index contributed by atoms with van der Waals surface area (Å²) in [7, 11) is 4.05. The molecule has 0 bridgehead atoms. The first-order valence-corrected chi connectivity index (χ1v) is 10.5. The monoisotopic (exact) mass is 446 g/mol. The number of benzene rings is 1. The minimum absolute atomic E-state index is 0.200. The predicted octanol–water partition coefficient (Wildman–Crippen LogP) is 5.39. The fraction of sp³-hybridized carbons (Fsp3) is 0.273. The number of alkyl halides is 3. The van der Waals surface area contributed by atoms with Crippen LogP contribution in [-0.4, -0.2) is 41.0 Å². The van der Waals surface area contributed by atoms with Crippen LogP contribution in [0.1, 0.15) is 20.9 Å². The summed E-state index contributed by atoms with van der Waals surface area (Å²) < 4.78 is 41.0. The van der Waals surface area contributed by atoms with E-state index in [2.05, 4.69) is 19.8 Å². The zero-order valence-electron chi connectivity index (χ0n) is 17.2.